The Morgan fingerprint density at radius 2 is 2.13 bits per heavy atom. The Morgan fingerprint density at radius 3 is 2.67 bits per heavy atom. The lowest BCUT2D eigenvalue weighted by Gasteiger charge is -2.14. The number of halogens is 2. The fourth-order valence-electron chi connectivity index (χ4n) is 1.42. The number of nitrogens with one attached hydrogen (secondary N) is 1. The molecule has 3 heteroatoms. The monoisotopic (exact) mass is 271 g/mol. The molecule has 0 aliphatic rings. The molecule has 0 heterocycles. The van der Waals surface area contributed by atoms with Gasteiger partial charge in [0, 0.05) is 5.56 Å². The Kier molecular flexibility index (Phi) is 4.48. The average molecular weight is 272 g/mol. The maximum absolute atomic E-state index is 13.8. The van der Waals surface area contributed by atoms with Crippen LogP contribution in [0, 0.1) is 5.82 Å². The number of hydrogen-bond donors (Lipinski definition) is 1. The minimum atomic E-state index is -0.200. The topological polar surface area (TPSA) is 12.0 Å². The van der Waals surface area contributed by atoms with Gasteiger partial charge in [0.2, 0.25) is 0 Å². The molecule has 15 heavy (non-hydrogen) atoms. The highest BCUT2D eigenvalue weighted by Gasteiger charge is 2.13. The van der Waals surface area contributed by atoms with Gasteiger partial charge < -0.3 is 5.32 Å². The predicted octanol–water partition coefficient (Wildman–Crippen LogP) is 3.81. The normalized spacial score (nSPS) is 12.3. The van der Waals surface area contributed by atoms with Gasteiger partial charge in [-0.05, 0) is 42.9 Å². The van der Waals surface area contributed by atoms with E-state index >= 15 is 0 Å². The molecular formula is C12H15BrFN. The van der Waals surface area contributed by atoms with Crippen LogP contribution in [0.3, 0.4) is 0 Å². The molecule has 0 amide bonds. The van der Waals surface area contributed by atoms with E-state index in [0.29, 0.717) is 10.0 Å². The standard InChI is InChI=1S/C12H15BrFN/c1-8(2)7-11(15-3)9-5-4-6-10(13)12(9)14/h4-7,11,15H,1-3H3. The van der Waals surface area contributed by atoms with E-state index in [1.807, 2.05) is 33.0 Å². The zero-order chi connectivity index (χ0) is 11.4. The van der Waals surface area contributed by atoms with Crippen LogP contribution in [0.5, 0.6) is 0 Å². The fourth-order valence-corrected chi connectivity index (χ4v) is 1.80. The summed E-state index contributed by atoms with van der Waals surface area (Å²) in [4.78, 5) is 0. The Balaban J connectivity index is 3.13. The lowest BCUT2D eigenvalue weighted by molar-refractivity contribution is 0.575. The molecule has 0 aliphatic heterocycles. The lowest BCUT2D eigenvalue weighted by Crippen LogP contribution is -2.15. The summed E-state index contributed by atoms with van der Waals surface area (Å²) in [7, 11) is 1.82. The van der Waals surface area contributed by atoms with E-state index in [2.05, 4.69) is 21.2 Å². The Bertz CT molecular complexity index is 370. The van der Waals surface area contributed by atoms with E-state index in [1.54, 1.807) is 12.1 Å². The summed E-state index contributed by atoms with van der Waals surface area (Å²) in [5.41, 5.74) is 1.82. The minimum absolute atomic E-state index is 0.0764. The summed E-state index contributed by atoms with van der Waals surface area (Å²) < 4.78 is 14.3. The lowest BCUT2D eigenvalue weighted by atomic mass is 10.0. The Labute approximate surface area is 98.5 Å². The first-order valence-electron chi connectivity index (χ1n) is 4.82. The molecule has 0 aliphatic carbocycles. The maximum Gasteiger partial charge on any atom is 0.142 e. The second-order valence-corrected chi connectivity index (χ2v) is 4.51. The van der Waals surface area contributed by atoms with Gasteiger partial charge in [0.25, 0.3) is 0 Å². The van der Waals surface area contributed by atoms with Crippen molar-refractivity contribution in [2.24, 2.45) is 0 Å². The summed E-state index contributed by atoms with van der Waals surface area (Å²) in [6, 6.07) is 5.26. The number of allylic oxidation sites excluding steroid dienone is 1. The average Bonchev–Trinajstić information content (AvgIpc) is 2.19. The highest BCUT2D eigenvalue weighted by atomic mass is 79.9. The van der Waals surface area contributed by atoms with Crippen LogP contribution in [0.1, 0.15) is 25.5 Å². The summed E-state index contributed by atoms with van der Waals surface area (Å²) in [6.07, 6.45) is 2.00. The van der Waals surface area contributed by atoms with Gasteiger partial charge in [0.1, 0.15) is 5.82 Å². The van der Waals surface area contributed by atoms with Gasteiger partial charge >= 0.3 is 0 Å². The quantitative estimate of drug-likeness (QED) is 0.825. The van der Waals surface area contributed by atoms with E-state index in [-0.39, 0.29) is 11.9 Å². The molecule has 0 spiro atoms. The summed E-state index contributed by atoms with van der Waals surface area (Å²) in [5, 5.41) is 3.08. The van der Waals surface area contributed by atoms with E-state index < -0.39 is 0 Å². The van der Waals surface area contributed by atoms with Gasteiger partial charge in [-0.1, -0.05) is 23.8 Å². The zero-order valence-corrected chi connectivity index (χ0v) is 10.7. The van der Waals surface area contributed by atoms with E-state index in [1.165, 1.54) is 0 Å². The second-order valence-electron chi connectivity index (χ2n) is 3.65. The second kappa shape index (κ2) is 5.42. The highest BCUT2D eigenvalue weighted by molar-refractivity contribution is 9.10. The van der Waals surface area contributed by atoms with Crippen LogP contribution >= 0.6 is 15.9 Å². The first-order chi connectivity index (χ1) is 7.06. The van der Waals surface area contributed by atoms with Gasteiger partial charge in [0.15, 0.2) is 0 Å². The molecule has 1 N–H and O–H groups in total. The molecule has 1 aromatic rings. The van der Waals surface area contributed by atoms with Crippen LogP contribution in [-0.2, 0) is 0 Å². The van der Waals surface area contributed by atoms with E-state index in [9.17, 15) is 4.39 Å². The van der Waals surface area contributed by atoms with E-state index in [4.69, 9.17) is 0 Å². The summed E-state index contributed by atoms with van der Waals surface area (Å²) >= 11 is 3.19. The van der Waals surface area contributed by atoms with Gasteiger partial charge in [0.05, 0.1) is 10.5 Å². The van der Waals surface area contributed by atoms with Crippen LogP contribution < -0.4 is 5.32 Å². The van der Waals surface area contributed by atoms with Crippen molar-refractivity contribution in [3.05, 3.63) is 45.7 Å². The van der Waals surface area contributed by atoms with Crippen LogP contribution in [0.4, 0.5) is 4.39 Å². The largest absolute Gasteiger partial charge is 0.310 e. The van der Waals surface area contributed by atoms with Crippen molar-refractivity contribution in [2.45, 2.75) is 19.9 Å². The maximum atomic E-state index is 13.8. The first-order valence-corrected chi connectivity index (χ1v) is 5.61. The van der Waals surface area contributed by atoms with Gasteiger partial charge in [-0.2, -0.15) is 0 Å². The summed E-state index contributed by atoms with van der Waals surface area (Å²) in [6.45, 7) is 4.00. The third-order valence-electron chi connectivity index (χ3n) is 2.13. The molecule has 0 saturated carbocycles. The third kappa shape index (κ3) is 3.14. The molecule has 1 atom stereocenters. The van der Waals surface area contributed by atoms with Gasteiger partial charge in [-0.25, -0.2) is 4.39 Å². The van der Waals surface area contributed by atoms with Crippen LogP contribution in [0.2, 0.25) is 0 Å². The van der Waals surface area contributed by atoms with Crippen molar-refractivity contribution in [2.75, 3.05) is 7.05 Å². The van der Waals surface area contributed by atoms with Gasteiger partial charge in [-0.3, -0.25) is 0 Å². The number of rotatable bonds is 3. The minimum Gasteiger partial charge on any atom is -0.310 e. The van der Waals surface area contributed by atoms with Gasteiger partial charge in [-0.15, -0.1) is 0 Å². The van der Waals surface area contributed by atoms with Crippen LogP contribution in [0.25, 0.3) is 0 Å². The molecule has 0 radical (unpaired) electrons. The number of likely N-dealkylation sites (N-methyl/N-ethyl adjacent to an activating group) is 1. The number of hydrogen-bond acceptors (Lipinski definition) is 1. The van der Waals surface area contributed by atoms with Crippen molar-refractivity contribution in [3.8, 4) is 0 Å². The smallest absolute Gasteiger partial charge is 0.142 e. The summed E-state index contributed by atoms with van der Waals surface area (Å²) in [5.74, 6) is -0.200. The SMILES string of the molecule is CNC(C=C(C)C)c1cccc(Br)c1F. The Hall–Kier alpha value is -0.670. The molecule has 82 valence electrons. The van der Waals surface area contributed by atoms with Crippen LogP contribution in [-0.4, -0.2) is 7.05 Å². The molecular weight excluding hydrogens is 257 g/mol. The molecule has 1 nitrogen and oxygen atoms in total. The molecule has 1 aromatic carbocycles. The predicted molar refractivity (Wildman–Crippen MR) is 65.3 cm³/mol. The molecule has 1 rings (SSSR count). The third-order valence-corrected chi connectivity index (χ3v) is 2.74. The Morgan fingerprint density at radius 1 is 1.47 bits per heavy atom. The first kappa shape index (κ1) is 12.4. The van der Waals surface area contributed by atoms with Crippen molar-refractivity contribution >= 4 is 15.9 Å². The van der Waals surface area contributed by atoms with Crippen molar-refractivity contribution < 1.29 is 4.39 Å². The molecule has 0 bridgehead atoms. The fraction of sp³-hybridized carbons (Fsp3) is 0.333. The van der Waals surface area contributed by atoms with Crippen molar-refractivity contribution in [3.63, 3.8) is 0 Å². The number of benzene rings is 1. The molecule has 0 aromatic heterocycles. The van der Waals surface area contributed by atoms with Crippen LogP contribution in [0.15, 0.2) is 34.3 Å². The van der Waals surface area contributed by atoms with Crippen molar-refractivity contribution in [1.29, 1.82) is 0 Å². The zero-order valence-electron chi connectivity index (χ0n) is 9.14. The molecule has 0 fully saturated rings. The molecule has 1 unspecified atom stereocenters. The van der Waals surface area contributed by atoms with Crippen molar-refractivity contribution in [1.82, 2.24) is 5.32 Å². The van der Waals surface area contributed by atoms with E-state index in [0.717, 1.165) is 5.57 Å². The highest BCUT2D eigenvalue weighted by Crippen LogP contribution is 2.24. The molecule has 0 saturated heterocycles.